The minimum atomic E-state index is 0.799. The molecule has 1 N–H and O–H groups in total. The van der Waals surface area contributed by atoms with Gasteiger partial charge in [0.15, 0.2) is 0 Å². The Bertz CT molecular complexity index is 286. The second-order valence-corrected chi connectivity index (χ2v) is 2.70. The average Bonchev–Trinajstić information content (AvgIpc) is 2.05. The van der Waals surface area contributed by atoms with Crippen molar-refractivity contribution < 1.29 is 4.65 Å². The van der Waals surface area contributed by atoms with Crippen LogP contribution >= 0.6 is 0 Å². The van der Waals surface area contributed by atoms with E-state index in [9.17, 15) is 0 Å². The molecule has 62 valence electrons. The van der Waals surface area contributed by atoms with Crippen molar-refractivity contribution in [2.45, 2.75) is 20.3 Å². The third kappa shape index (κ3) is 1.94. The molecule has 3 heteroatoms. The van der Waals surface area contributed by atoms with Gasteiger partial charge in [-0.2, -0.15) is 0 Å². The molecule has 0 aliphatic heterocycles. The Kier molecular flexibility index (Phi) is 3.03. The van der Waals surface area contributed by atoms with Crippen molar-refractivity contribution in [2.75, 3.05) is 0 Å². The summed E-state index contributed by atoms with van der Waals surface area (Å²) in [6.07, 6.45) is 0.934. The molecule has 0 radical (unpaired) electrons. The molecule has 0 unspecified atom stereocenters. The van der Waals surface area contributed by atoms with Crippen LogP contribution in [0.25, 0.3) is 0 Å². The van der Waals surface area contributed by atoms with Crippen LogP contribution in [0.2, 0.25) is 0 Å². The van der Waals surface area contributed by atoms with Gasteiger partial charge >= 0.3 is 72.6 Å². The third-order valence-electron chi connectivity index (χ3n) is 1.79. The van der Waals surface area contributed by atoms with E-state index < -0.39 is 0 Å². The molecular formula is C9H12BNO. The number of aryl methyl sites for hydroxylation is 2. The molecule has 2 nitrogen and oxygen atoms in total. The Hall–Kier alpha value is -1.12. The molecule has 0 heterocycles. The monoisotopic (exact) mass is 161 g/mol. The molecule has 0 amide bonds. The molecule has 12 heavy (non-hydrogen) atoms. The number of nitrogens with one attached hydrogen (secondary N) is 1. The number of hydrogen-bond donors (Lipinski definition) is 1. The van der Waals surface area contributed by atoms with Crippen molar-refractivity contribution in [2.24, 2.45) is 0 Å². The van der Waals surface area contributed by atoms with Gasteiger partial charge in [-0.05, 0) is 0 Å². The summed E-state index contributed by atoms with van der Waals surface area (Å²) in [7, 11) is 0.966. The standard InChI is InChI=1S/C9H12BNO/c1-3-8-5-4-7(2)6-9(8)12-10-11/h4-6,11H,3H2,1-2H3. The number of benzene rings is 1. The molecule has 0 spiro atoms. The first-order valence-corrected chi connectivity index (χ1v) is 4.03. The molecule has 1 aromatic carbocycles. The molecule has 0 aliphatic carbocycles. The summed E-state index contributed by atoms with van der Waals surface area (Å²) >= 11 is 0. The van der Waals surface area contributed by atoms with E-state index in [2.05, 4.69) is 13.0 Å². The Morgan fingerprint density at radius 3 is 2.83 bits per heavy atom. The molecule has 0 aromatic heterocycles. The summed E-state index contributed by atoms with van der Waals surface area (Å²) < 4.78 is 5.05. The van der Waals surface area contributed by atoms with E-state index in [1.807, 2.05) is 19.1 Å². The average molecular weight is 161 g/mol. The quantitative estimate of drug-likeness (QED) is 0.678. The second kappa shape index (κ2) is 4.05. The van der Waals surface area contributed by atoms with Crippen molar-refractivity contribution >= 4 is 7.27 Å². The van der Waals surface area contributed by atoms with E-state index in [1.165, 1.54) is 0 Å². The van der Waals surface area contributed by atoms with Crippen LogP contribution in [0, 0.1) is 12.2 Å². The first-order valence-electron chi connectivity index (χ1n) is 4.03. The number of hydrogen-bond acceptors (Lipinski definition) is 2. The minimum absolute atomic E-state index is 0.799. The zero-order valence-corrected chi connectivity index (χ0v) is 7.42. The van der Waals surface area contributed by atoms with Crippen LogP contribution in [0.1, 0.15) is 18.1 Å². The van der Waals surface area contributed by atoms with Gasteiger partial charge in [0.2, 0.25) is 0 Å². The summed E-state index contributed by atoms with van der Waals surface area (Å²) in [5, 5.41) is 6.84. The van der Waals surface area contributed by atoms with Gasteiger partial charge in [0.25, 0.3) is 0 Å². The van der Waals surface area contributed by atoms with Crippen LogP contribution in [-0.4, -0.2) is 7.27 Å². The Labute approximate surface area is 73.3 Å². The fourth-order valence-electron chi connectivity index (χ4n) is 1.13. The number of rotatable bonds is 3. The fourth-order valence-corrected chi connectivity index (χ4v) is 1.13. The SMILES string of the molecule is CCc1ccc(C)cc1OB=N. The molecule has 1 aromatic rings. The van der Waals surface area contributed by atoms with Crippen molar-refractivity contribution in [1.29, 1.82) is 5.31 Å². The van der Waals surface area contributed by atoms with Crippen LogP contribution in [0.5, 0.6) is 5.75 Å². The van der Waals surface area contributed by atoms with Gasteiger partial charge in [-0.15, -0.1) is 0 Å². The maximum atomic E-state index is 6.84. The molecule has 0 aliphatic rings. The first-order chi connectivity index (χ1) is 5.77. The van der Waals surface area contributed by atoms with Crippen LogP contribution < -0.4 is 4.65 Å². The molecule has 0 atom stereocenters. The van der Waals surface area contributed by atoms with Gasteiger partial charge in [0.1, 0.15) is 0 Å². The van der Waals surface area contributed by atoms with Crippen LogP contribution in [0.15, 0.2) is 18.2 Å². The van der Waals surface area contributed by atoms with Gasteiger partial charge < -0.3 is 0 Å². The van der Waals surface area contributed by atoms with Crippen LogP contribution in [0.4, 0.5) is 0 Å². The molecule has 0 fully saturated rings. The zero-order chi connectivity index (χ0) is 8.97. The topological polar surface area (TPSA) is 33.1 Å². The maximum absolute atomic E-state index is 6.84. The van der Waals surface area contributed by atoms with E-state index >= 15 is 0 Å². The molecule has 0 saturated carbocycles. The Morgan fingerprint density at radius 2 is 2.25 bits per heavy atom. The van der Waals surface area contributed by atoms with Crippen molar-refractivity contribution in [3.05, 3.63) is 29.3 Å². The second-order valence-electron chi connectivity index (χ2n) is 2.70. The molecule has 0 saturated heterocycles. The summed E-state index contributed by atoms with van der Waals surface area (Å²) in [6, 6.07) is 6.04. The molecular weight excluding hydrogens is 149 g/mol. The van der Waals surface area contributed by atoms with Gasteiger partial charge in [-0.1, -0.05) is 0 Å². The normalized spacial score (nSPS) is 9.17. The van der Waals surface area contributed by atoms with Crippen LogP contribution in [0.3, 0.4) is 0 Å². The van der Waals surface area contributed by atoms with Gasteiger partial charge in [0, 0.05) is 0 Å². The van der Waals surface area contributed by atoms with E-state index in [4.69, 9.17) is 9.97 Å². The van der Waals surface area contributed by atoms with Crippen LogP contribution in [-0.2, 0) is 6.42 Å². The summed E-state index contributed by atoms with van der Waals surface area (Å²) in [6.45, 7) is 4.08. The molecule has 0 bridgehead atoms. The summed E-state index contributed by atoms with van der Waals surface area (Å²) in [5.41, 5.74) is 2.30. The molecule has 1 rings (SSSR count). The van der Waals surface area contributed by atoms with Gasteiger partial charge in [-0.3, -0.25) is 0 Å². The van der Waals surface area contributed by atoms with E-state index in [-0.39, 0.29) is 0 Å². The predicted molar refractivity (Wildman–Crippen MR) is 49.7 cm³/mol. The third-order valence-corrected chi connectivity index (χ3v) is 1.79. The van der Waals surface area contributed by atoms with Gasteiger partial charge in [-0.25, -0.2) is 0 Å². The van der Waals surface area contributed by atoms with E-state index in [0.717, 1.165) is 30.6 Å². The van der Waals surface area contributed by atoms with E-state index in [1.54, 1.807) is 0 Å². The predicted octanol–water partition coefficient (Wildman–Crippen LogP) is 2.32. The Morgan fingerprint density at radius 1 is 1.50 bits per heavy atom. The Balaban J connectivity index is 3.03. The summed E-state index contributed by atoms with van der Waals surface area (Å²) in [5.74, 6) is 0.799. The first kappa shape index (κ1) is 8.98. The van der Waals surface area contributed by atoms with Crippen molar-refractivity contribution in [1.82, 2.24) is 0 Å². The van der Waals surface area contributed by atoms with Crippen molar-refractivity contribution in [3.63, 3.8) is 0 Å². The fraction of sp³-hybridized carbons (Fsp3) is 0.333. The summed E-state index contributed by atoms with van der Waals surface area (Å²) in [4.78, 5) is 0. The zero-order valence-electron chi connectivity index (χ0n) is 7.42. The van der Waals surface area contributed by atoms with Gasteiger partial charge in [0.05, 0.1) is 0 Å². The van der Waals surface area contributed by atoms with E-state index in [0.29, 0.717) is 0 Å². The van der Waals surface area contributed by atoms with Crippen molar-refractivity contribution in [3.8, 4) is 5.75 Å².